The Morgan fingerprint density at radius 3 is 2.33 bits per heavy atom. The third-order valence-corrected chi connectivity index (χ3v) is 9.84. The van der Waals surface area contributed by atoms with Gasteiger partial charge in [0, 0.05) is 19.6 Å². The monoisotopic (exact) mass is 491 g/mol. The van der Waals surface area contributed by atoms with E-state index in [1.165, 1.54) is 10.4 Å². The van der Waals surface area contributed by atoms with E-state index in [1.807, 2.05) is 38.1 Å². The Bertz CT molecular complexity index is 1170. The van der Waals surface area contributed by atoms with Gasteiger partial charge in [0.2, 0.25) is 0 Å². The molecule has 182 valence electrons. The van der Waals surface area contributed by atoms with Gasteiger partial charge in [-0.05, 0) is 54.2 Å². The van der Waals surface area contributed by atoms with Crippen LogP contribution in [0.2, 0.25) is 0 Å². The zero-order valence-electron chi connectivity index (χ0n) is 20.4. The number of nitrogens with one attached hydrogen (secondary N) is 1. The van der Waals surface area contributed by atoms with Gasteiger partial charge >= 0.3 is 0 Å². The fourth-order valence-corrected chi connectivity index (χ4v) is 7.32. The Kier molecular flexibility index (Phi) is 7.79. The van der Waals surface area contributed by atoms with Crippen LogP contribution < -0.4 is 9.21 Å². The summed E-state index contributed by atoms with van der Waals surface area (Å²) in [5.41, 5.74) is 2.48. The van der Waals surface area contributed by atoms with Crippen molar-refractivity contribution in [2.45, 2.75) is 57.3 Å². The molecule has 1 N–H and O–H groups in total. The molecular formula is C25H37N3O3S2. The van der Waals surface area contributed by atoms with Gasteiger partial charge in [0.1, 0.15) is 0 Å². The van der Waals surface area contributed by atoms with Crippen LogP contribution in [0.3, 0.4) is 0 Å². The van der Waals surface area contributed by atoms with Crippen molar-refractivity contribution in [1.82, 2.24) is 0 Å². The molecule has 3 rings (SSSR count). The number of rotatable bonds is 9. The summed E-state index contributed by atoms with van der Waals surface area (Å²) in [4.78, 5) is 2.57. The number of fused-ring (bicyclic) bond motifs is 1. The number of benzene rings is 2. The summed E-state index contributed by atoms with van der Waals surface area (Å²) in [6, 6.07) is 12.4. The minimum absolute atomic E-state index is 0.0897. The zero-order chi connectivity index (χ0) is 24.4. The van der Waals surface area contributed by atoms with E-state index >= 15 is 0 Å². The molecule has 0 saturated heterocycles. The number of hydrogen-bond acceptors (Lipinski definition) is 5. The molecule has 0 aromatic heterocycles. The lowest BCUT2D eigenvalue weighted by molar-refractivity contribution is 0.543. The maximum absolute atomic E-state index is 13.8. The molecule has 0 fully saturated rings. The first kappa shape index (κ1) is 25.6. The number of nitrogens with zero attached hydrogens (tertiary/aromatic N) is 2. The molecule has 8 heteroatoms. The summed E-state index contributed by atoms with van der Waals surface area (Å²) >= 11 is 0. The fraction of sp³-hybridized carbons (Fsp3) is 0.520. The molecule has 0 saturated carbocycles. The molecule has 0 spiro atoms. The molecule has 0 amide bonds. The average Bonchev–Trinajstić information content (AvgIpc) is 2.79. The molecule has 2 unspecified atom stereocenters. The smallest absolute Gasteiger partial charge is 0.264 e. The lowest BCUT2D eigenvalue weighted by Gasteiger charge is -2.34. The van der Waals surface area contributed by atoms with Crippen molar-refractivity contribution in [1.29, 1.82) is 4.78 Å². The van der Waals surface area contributed by atoms with Crippen LogP contribution in [0.15, 0.2) is 52.3 Å². The zero-order valence-corrected chi connectivity index (χ0v) is 22.0. The molecule has 2 atom stereocenters. The highest BCUT2D eigenvalue weighted by atomic mass is 32.2. The van der Waals surface area contributed by atoms with Crippen LogP contribution in [-0.2, 0) is 26.2 Å². The van der Waals surface area contributed by atoms with Crippen molar-refractivity contribution >= 4 is 31.1 Å². The van der Waals surface area contributed by atoms with Crippen molar-refractivity contribution in [2.75, 3.05) is 34.6 Å². The second-order valence-corrected chi connectivity index (χ2v) is 13.5. The summed E-state index contributed by atoms with van der Waals surface area (Å²) in [6.07, 6.45) is 1.91. The van der Waals surface area contributed by atoms with Crippen LogP contribution in [0.5, 0.6) is 0 Å². The van der Waals surface area contributed by atoms with E-state index in [-0.39, 0.29) is 16.6 Å². The van der Waals surface area contributed by atoms with E-state index in [0.717, 1.165) is 30.6 Å². The van der Waals surface area contributed by atoms with Crippen molar-refractivity contribution in [2.24, 2.45) is 11.8 Å². The fourth-order valence-electron chi connectivity index (χ4n) is 4.04. The van der Waals surface area contributed by atoms with Gasteiger partial charge in [0.25, 0.3) is 10.0 Å². The molecule has 2 aromatic rings. The topological polar surface area (TPSA) is 81.5 Å². The van der Waals surface area contributed by atoms with Gasteiger partial charge in [-0.3, -0.25) is 4.31 Å². The average molecular weight is 492 g/mol. The molecule has 33 heavy (non-hydrogen) atoms. The molecule has 1 heterocycles. The van der Waals surface area contributed by atoms with Crippen molar-refractivity contribution < 1.29 is 12.6 Å². The van der Waals surface area contributed by atoms with Gasteiger partial charge in [0.15, 0.2) is 0 Å². The van der Waals surface area contributed by atoms with Gasteiger partial charge in [-0.25, -0.2) is 17.4 Å². The van der Waals surface area contributed by atoms with Crippen LogP contribution in [0.25, 0.3) is 0 Å². The van der Waals surface area contributed by atoms with Gasteiger partial charge in [0.05, 0.1) is 36.6 Å². The molecule has 1 aliphatic rings. The number of sulfonamides is 1. The molecule has 2 aromatic carbocycles. The quantitative estimate of drug-likeness (QED) is 0.511. The molecule has 1 aliphatic heterocycles. The van der Waals surface area contributed by atoms with Crippen molar-refractivity contribution in [3.05, 3.63) is 48.0 Å². The summed E-state index contributed by atoms with van der Waals surface area (Å²) in [5.74, 6) is 0.789. The second kappa shape index (κ2) is 10.1. The Hall–Kier alpha value is -2.06. The first-order valence-electron chi connectivity index (χ1n) is 11.8. The minimum Gasteiger partial charge on any atom is -0.369 e. The van der Waals surface area contributed by atoms with Crippen LogP contribution in [0, 0.1) is 16.6 Å². The number of hydrogen-bond donors (Lipinski definition) is 1. The SMILES string of the molecule is CCc1ccc(N(CC(C)C)S(=O)(=O)c2ccc3c(c2)S(=N)(=O)CCN3CC(C)CC)cc1. The lowest BCUT2D eigenvalue weighted by atomic mass is 10.1. The van der Waals surface area contributed by atoms with Crippen LogP contribution >= 0.6 is 0 Å². The Morgan fingerprint density at radius 1 is 1.09 bits per heavy atom. The first-order chi connectivity index (χ1) is 15.5. The van der Waals surface area contributed by atoms with E-state index in [2.05, 4.69) is 25.7 Å². The van der Waals surface area contributed by atoms with Crippen LogP contribution in [0.1, 0.15) is 46.6 Å². The van der Waals surface area contributed by atoms with E-state index in [9.17, 15) is 12.6 Å². The highest BCUT2D eigenvalue weighted by Gasteiger charge is 2.31. The molecule has 0 radical (unpaired) electrons. The summed E-state index contributed by atoms with van der Waals surface area (Å²) in [5, 5.41) is 0. The molecule has 6 nitrogen and oxygen atoms in total. The predicted molar refractivity (Wildman–Crippen MR) is 137 cm³/mol. The maximum atomic E-state index is 13.8. The first-order valence-corrected chi connectivity index (χ1v) is 14.9. The standard InChI is InChI=1S/C25H37N3O3S2/c1-6-20(5)18-27-14-15-32(26,29)25-16-23(12-13-24(25)27)33(30,31)28(17-19(3)4)22-10-8-21(7-2)9-11-22/h8-13,16,19-20,26H,6-7,14-15,17-18H2,1-5H3. The van der Waals surface area contributed by atoms with E-state index in [1.54, 1.807) is 12.1 Å². The predicted octanol–water partition coefficient (Wildman–Crippen LogP) is 5.37. The molecule has 0 bridgehead atoms. The largest absolute Gasteiger partial charge is 0.369 e. The van der Waals surface area contributed by atoms with Crippen LogP contribution in [0.4, 0.5) is 11.4 Å². The Labute approximate surface area is 200 Å². The van der Waals surface area contributed by atoms with Gasteiger partial charge < -0.3 is 4.90 Å². The van der Waals surface area contributed by atoms with Crippen LogP contribution in [-0.4, -0.2) is 38.0 Å². The molecule has 0 aliphatic carbocycles. The third kappa shape index (κ3) is 5.54. The third-order valence-electron chi connectivity index (χ3n) is 6.26. The van der Waals surface area contributed by atoms with Crippen molar-refractivity contribution in [3.63, 3.8) is 0 Å². The number of anilines is 2. The number of aryl methyl sites for hydroxylation is 1. The van der Waals surface area contributed by atoms with Gasteiger partial charge in [-0.2, -0.15) is 0 Å². The Balaban J connectivity index is 2.07. The normalized spacial score (nSPS) is 19.4. The van der Waals surface area contributed by atoms with Gasteiger partial charge in [-0.1, -0.05) is 53.2 Å². The van der Waals surface area contributed by atoms with E-state index in [0.29, 0.717) is 29.6 Å². The maximum Gasteiger partial charge on any atom is 0.264 e. The summed E-state index contributed by atoms with van der Waals surface area (Å²) in [6.45, 7) is 12.0. The highest BCUT2D eigenvalue weighted by Crippen LogP contribution is 2.35. The Morgan fingerprint density at radius 2 is 1.76 bits per heavy atom. The summed E-state index contributed by atoms with van der Waals surface area (Å²) in [7, 11) is -6.94. The summed E-state index contributed by atoms with van der Waals surface area (Å²) < 4.78 is 50.6. The van der Waals surface area contributed by atoms with E-state index < -0.39 is 19.8 Å². The van der Waals surface area contributed by atoms with Crippen molar-refractivity contribution in [3.8, 4) is 0 Å². The molecular weight excluding hydrogens is 454 g/mol. The van der Waals surface area contributed by atoms with Gasteiger partial charge in [-0.15, -0.1) is 0 Å². The lowest BCUT2D eigenvalue weighted by Crippen LogP contribution is -2.38. The highest BCUT2D eigenvalue weighted by molar-refractivity contribution is 7.93. The van der Waals surface area contributed by atoms with E-state index in [4.69, 9.17) is 4.78 Å². The second-order valence-electron chi connectivity index (χ2n) is 9.42. The minimum atomic E-state index is -3.89.